The molecule has 1 rings (SSSR count). The molecule has 0 aliphatic carbocycles. The second kappa shape index (κ2) is 5.59. The Kier molecular flexibility index (Phi) is 4.59. The summed E-state index contributed by atoms with van der Waals surface area (Å²) >= 11 is 0. The maximum absolute atomic E-state index is 11.7. The van der Waals surface area contributed by atoms with E-state index in [0.29, 0.717) is 19.7 Å². The lowest BCUT2D eigenvalue weighted by Crippen LogP contribution is -2.54. The maximum atomic E-state index is 11.7. The average molecular weight is 257 g/mol. The quantitative estimate of drug-likeness (QED) is 0.726. The smallest absolute Gasteiger partial charge is 0.410 e. The van der Waals surface area contributed by atoms with Crippen molar-refractivity contribution in [2.24, 2.45) is 11.8 Å². The second-order valence-electron chi connectivity index (χ2n) is 5.69. The third-order valence-corrected chi connectivity index (χ3v) is 2.93. The summed E-state index contributed by atoms with van der Waals surface area (Å²) in [5.74, 6) is -0.174. The average Bonchev–Trinajstić information content (AvgIpc) is 2.12. The van der Waals surface area contributed by atoms with E-state index < -0.39 is 5.60 Å². The Morgan fingerprint density at radius 3 is 2.33 bits per heavy atom. The third kappa shape index (κ3) is 3.89. The summed E-state index contributed by atoms with van der Waals surface area (Å²) in [7, 11) is 0. The summed E-state index contributed by atoms with van der Waals surface area (Å²) in [6.07, 6.45) is -0.310. The van der Waals surface area contributed by atoms with E-state index in [1.165, 1.54) is 0 Å². The van der Waals surface area contributed by atoms with Crippen molar-refractivity contribution in [1.29, 1.82) is 0 Å². The lowest BCUT2D eigenvalue weighted by atomic mass is 9.87. The summed E-state index contributed by atoms with van der Waals surface area (Å²) in [4.78, 5) is 24.8. The standard InChI is InChI=1S/C13H23NO4/c1-6-17-11(15)9(2)10-7-14(8-10)12(16)18-13(3,4)5/h9-10H,6-8H2,1-5H3. The molecule has 0 N–H and O–H groups in total. The second-order valence-corrected chi connectivity index (χ2v) is 5.69. The molecule has 0 aromatic carbocycles. The van der Waals surface area contributed by atoms with Gasteiger partial charge in [0.2, 0.25) is 0 Å². The van der Waals surface area contributed by atoms with E-state index in [4.69, 9.17) is 9.47 Å². The molecule has 0 spiro atoms. The summed E-state index contributed by atoms with van der Waals surface area (Å²) in [6, 6.07) is 0. The lowest BCUT2D eigenvalue weighted by molar-refractivity contribution is -0.151. The number of amides is 1. The first kappa shape index (κ1) is 14.8. The van der Waals surface area contributed by atoms with Crippen LogP contribution in [-0.4, -0.2) is 42.3 Å². The molecule has 18 heavy (non-hydrogen) atoms. The van der Waals surface area contributed by atoms with Crippen LogP contribution in [0, 0.1) is 11.8 Å². The van der Waals surface area contributed by atoms with Gasteiger partial charge in [0.1, 0.15) is 5.60 Å². The van der Waals surface area contributed by atoms with Gasteiger partial charge in [0.05, 0.1) is 12.5 Å². The van der Waals surface area contributed by atoms with Gasteiger partial charge in [0, 0.05) is 19.0 Å². The third-order valence-electron chi connectivity index (χ3n) is 2.93. The zero-order valence-electron chi connectivity index (χ0n) is 11.9. The first-order valence-corrected chi connectivity index (χ1v) is 6.39. The van der Waals surface area contributed by atoms with Crippen molar-refractivity contribution in [2.45, 2.75) is 40.2 Å². The van der Waals surface area contributed by atoms with Gasteiger partial charge >= 0.3 is 12.1 Å². The van der Waals surface area contributed by atoms with Gasteiger partial charge in [-0.15, -0.1) is 0 Å². The van der Waals surface area contributed by atoms with Crippen molar-refractivity contribution in [3.63, 3.8) is 0 Å². The fourth-order valence-corrected chi connectivity index (χ4v) is 1.77. The van der Waals surface area contributed by atoms with Gasteiger partial charge in [-0.1, -0.05) is 6.92 Å². The molecular formula is C13H23NO4. The highest BCUT2D eigenvalue weighted by molar-refractivity contribution is 5.74. The molecule has 0 aromatic heterocycles. The minimum absolute atomic E-state index is 0.163. The van der Waals surface area contributed by atoms with Crippen LogP contribution in [-0.2, 0) is 14.3 Å². The number of carbonyl (C=O) groups excluding carboxylic acids is 2. The van der Waals surface area contributed by atoms with Crippen molar-refractivity contribution in [3.05, 3.63) is 0 Å². The van der Waals surface area contributed by atoms with Crippen molar-refractivity contribution in [2.75, 3.05) is 19.7 Å². The van der Waals surface area contributed by atoms with Gasteiger partial charge in [-0.2, -0.15) is 0 Å². The van der Waals surface area contributed by atoms with E-state index in [1.807, 2.05) is 27.7 Å². The summed E-state index contributed by atoms with van der Waals surface area (Å²) in [5, 5.41) is 0. The minimum Gasteiger partial charge on any atom is -0.466 e. The molecule has 5 nitrogen and oxygen atoms in total. The Morgan fingerprint density at radius 1 is 1.33 bits per heavy atom. The van der Waals surface area contributed by atoms with Gasteiger partial charge in [-0.3, -0.25) is 4.79 Å². The number of hydrogen-bond donors (Lipinski definition) is 0. The molecule has 1 unspecified atom stereocenters. The highest BCUT2D eigenvalue weighted by Crippen LogP contribution is 2.26. The van der Waals surface area contributed by atoms with E-state index in [9.17, 15) is 9.59 Å². The summed E-state index contributed by atoms with van der Waals surface area (Å²) < 4.78 is 10.2. The predicted molar refractivity (Wildman–Crippen MR) is 67.1 cm³/mol. The van der Waals surface area contributed by atoms with Crippen LogP contribution in [0.4, 0.5) is 4.79 Å². The van der Waals surface area contributed by atoms with Crippen LogP contribution in [0.5, 0.6) is 0 Å². The predicted octanol–water partition coefficient (Wildman–Crippen LogP) is 2.05. The van der Waals surface area contributed by atoms with Gasteiger partial charge < -0.3 is 14.4 Å². The molecule has 104 valence electrons. The number of ether oxygens (including phenoxy) is 2. The van der Waals surface area contributed by atoms with E-state index in [2.05, 4.69) is 0 Å². The molecule has 0 saturated carbocycles. The highest BCUT2D eigenvalue weighted by atomic mass is 16.6. The summed E-state index contributed by atoms with van der Waals surface area (Å²) in [5.41, 5.74) is -0.477. The monoisotopic (exact) mass is 257 g/mol. The van der Waals surface area contributed by atoms with Crippen molar-refractivity contribution in [1.82, 2.24) is 4.90 Å². The minimum atomic E-state index is -0.477. The Labute approximate surface area is 108 Å². The molecule has 1 amide bonds. The number of esters is 1. The van der Waals surface area contributed by atoms with Gasteiger partial charge in [0.15, 0.2) is 0 Å². The Hall–Kier alpha value is -1.26. The van der Waals surface area contributed by atoms with E-state index >= 15 is 0 Å². The van der Waals surface area contributed by atoms with Crippen molar-refractivity contribution in [3.8, 4) is 0 Å². The van der Waals surface area contributed by atoms with E-state index in [0.717, 1.165) is 0 Å². The SMILES string of the molecule is CCOC(=O)C(C)C1CN(C(=O)OC(C)(C)C)C1. The Balaban J connectivity index is 2.35. The zero-order chi connectivity index (χ0) is 13.9. The number of nitrogens with zero attached hydrogens (tertiary/aromatic N) is 1. The normalized spacial score (nSPS) is 17.9. The fraction of sp³-hybridized carbons (Fsp3) is 0.846. The zero-order valence-corrected chi connectivity index (χ0v) is 11.9. The molecule has 1 aliphatic heterocycles. The topological polar surface area (TPSA) is 55.8 Å². The van der Waals surface area contributed by atoms with Crippen LogP contribution in [0.2, 0.25) is 0 Å². The Morgan fingerprint density at radius 2 is 1.89 bits per heavy atom. The van der Waals surface area contributed by atoms with E-state index in [-0.39, 0.29) is 23.9 Å². The largest absolute Gasteiger partial charge is 0.466 e. The van der Waals surface area contributed by atoms with Gasteiger partial charge in [-0.05, 0) is 27.7 Å². The van der Waals surface area contributed by atoms with E-state index in [1.54, 1.807) is 11.8 Å². The number of carbonyl (C=O) groups is 2. The molecule has 1 heterocycles. The Bertz CT molecular complexity index is 315. The molecule has 5 heteroatoms. The van der Waals surface area contributed by atoms with Crippen LogP contribution in [0.3, 0.4) is 0 Å². The molecule has 1 aliphatic rings. The fourth-order valence-electron chi connectivity index (χ4n) is 1.77. The molecular weight excluding hydrogens is 234 g/mol. The van der Waals surface area contributed by atoms with Crippen LogP contribution in [0.15, 0.2) is 0 Å². The molecule has 1 fully saturated rings. The summed E-state index contributed by atoms with van der Waals surface area (Å²) in [6.45, 7) is 10.7. The van der Waals surface area contributed by atoms with Crippen molar-refractivity contribution >= 4 is 12.1 Å². The molecule has 0 radical (unpaired) electrons. The highest BCUT2D eigenvalue weighted by Gasteiger charge is 2.39. The maximum Gasteiger partial charge on any atom is 0.410 e. The molecule has 0 bridgehead atoms. The lowest BCUT2D eigenvalue weighted by Gasteiger charge is -2.41. The first-order chi connectivity index (χ1) is 8.24. The van der Waals surface area contributed by atoms with Crippen LogP contribution in [0.25, 0.3) is 0 Å². The van der Waals surface area contributed by atoms with Crippen molar-refractivity contribution < 1.29 is 19.1 Å². The number of rotatable bonds is 3. The van der Waals surface area contributed by atoms with Crippen LogP contribution < -0.4 is 0 Å². The first-order valence-electron chi connectivity index (χ1n) is 6.39. The van der Waals surface area contributed by atoms with Crippen LogP contribution in [0.1, 0.15) is 34.6 Å². The molecule has 1 atom stereocenters. The molecule has 0 aromatic rings. The van der Waals surface area contributed by atoms with Gasteiger partial charge in [-0.25, -0.2) is 4.79 Å². The van der Waals surface area contributed by atoms with Gasteiger partial charge in [0.25, 0.3) is 0 Å². The number of likely N-dealkylation sites (tertiary alicyclic amines) is 1. The number of hydrogen-bond acceptors (Lipinski definition) is 4. The van der Waals surface area contributed by atoms with Crippen LogP contribution >= 0.6 is 0 Å². The molecule has 1 saturated heterocycles.